The highest BCUT2D eigenvalue weighted by atomic mass is 19.1. The second kappa shape index (κ2) is 7.51. The van der Waals surface area contributed by atoms with E-state index in [1.54, 1.807) is 4.90 Å². The molecule has 0 atom stereocenters. The molecule has 1 heterocycles. The van der Waals surface area contributed by atoms with Gasteiger partial charge in [0, 0.05) is 25.1 Å². The Bertz CT molecular complexity index is 723. The fourth-order valence-corrected chi connectivity index (χ4v) is 2.43. The van der Waals surface area contributed by atoms with Crippen molar-refractivity contribution in [2.75, 3.05) is 13.1 Å². The normalized spacial score (nSPS) is 15.3. The summed E-state index contributed by atoms with van der Waals surface area (Å²) in [6, 6.07) is 3.42. The van der Waals surface area contributed by atoms with Gasteiger partial charge >= 0.3 is 6.09 Å². The van der Waals surface area contributed by atoms with E-state index in [0.29, 0.717) is 25.9 Å². The molecule has 1 fully saturated rings. The Morgan fingerprint density at radius 1 is 1.36 bits per heavy atom. The van der Waals surface area contributed by atoms with Crippen molar-refractivity contribution in [3.05, 3.63) is 39.7 Å². The van der Waals surface area contributed by atoms with Crippen LogP contribution in [0.15, 0.2) is 18.2 Å². The summed E-state index contributed by atoms with van der Waals surface area (Å²) in [5.41, 5.74) is -0.685. The van der Waals surface area contributed by atoms with Crippen LogP contribution in [0.1, 0.15) is 39.2 Å². The van der Waals surface area contributed by atoms with Gasteiger partial charge in [0.1, 0.15) is 11.4 Å². The molecular formula is C18H21FN2O4. The van der Waals surface area contributed by atoms with Crippen molar-refractivity contribution in [1.82, 2.24) is 4.90 Å². The second-order valence-electron chi connectivity index (χ2n) is 6.93. The van der Waals surface area contributed by atoms with E-state index < -0.39 is 16.3 Å². The fourth-order valence-electron chi connectivity index (χ4n) is 2.43. The van der Waals surface area contributed by atoms with Crippen molar-refractivity contribution in [3.63, 3.8) is 0 Å². The molecule has 1 aliphatic rings. The highest BCUT2D eigenvalue weighted by Gasteiger charge is 2.26. The summed E-state index contributed by atoms with van der Waals surface area (Å²) in [6.45, 7) is 6.54. The maximum Gasteiger partial charge on any atom is 0.410 e. The summed E-state index contributed by atoms with van der Waals surface area (Å²) in [6.07, 6.45) is 1.03. The zero-order chi connectivity index (χ0) is 18.6. The number of nitrogens with zero attached hydrogens (tertiary/aromatic N) is 2. The van der Waals surface area contributed by atoms with Crippen LogP contribution in [0, 0.1) is 33.7 Å². The summed E-state index contributed by atoms with van der Waals surface area (Å²) in [7, 11) is 0. The first-order chi connectivity index (χ1) is 11.7. The van der Waals surface area contributed by atoms with E-state index >= 15 is 0 Å². The Morgan fingerprint density at radius 3 is 2.52 bits per heavy atom. The van der Waals surface area contributed by atoms with Gasteiger partial charge in [-0.2, -0.15) is 0 Å². The van der Waals surface area contributed by atoms with E-state index in [1.165, 1.54) is 12.1 Å². The molecule has 0 aliphatic carbocycles. The number of nitro groups is 1. The topological polar surface area (TPSA) is 72.7 Å². The van der Waals surface area contributed by atoms with Crippen LogP contribution in [0.3, 0.4) is 0 Å². The van der Waals surface area contributed by atoms with E-state index in [-0.39, 0.29) is 23.3 Å². The quantitative estimate of drug-likeness (QED) is 0.440. The van der Waals surface area contributed by atoms with Gasteiger partial charge in [-0.1, -0.05) is 11.8 Å². The molecule has 1 aromatic rings. The average molecular weight is 348 g/mol. The molecule has 7 heteroatoms. The van der Waals surface area contributed by atoms with E-state index in [4.69, 9.17) is 4.74 Å². The van der Waals surface area contributed by atoms with Crippen molar-refractivity contribution in [1.29, 1.82) is 0 Å². The van der Waals surface area contributed by atoms with Crippen molar-refractivity contribution in [2.45, 2.75) is 39.2 Å². The minimum atomic E-state index is -0.701. The average Bonchev–Trinajstić information content (AvgIpc) is 2.52. The number of non-ortho nitro benzene ring substituents is 1. The van der Waals surface area contributed by atoms with Gasteiger partial charge in [0.15, 0.2) is 0 Å². The van der Waals surface area contributed by atoms with Gasteiger partial charge in [0.25, 0.3) is 5.69 Å². The van der Waals surface area contributed by atoms with Crippen LogP contribution in [0.2, 0.25) is 0 Å². The number of rotatable bonds is 1. The van der Waals surface area contributed by atoms with Crippen LogP contribution in [-0.2, 0) is 4.74 Å². The monoisotopic (exact) mass is 348 g/mol. The summed E-state index contributed by atoms with van der Waals surface area (Å²) in [5.74, 6) is 5.09. The number of amides is 1. The molecular weight excluding hydrogens is 327 g/mol. The number of likely N-dealkylation sites (tertiary alicyclic amines) is 1. The van der Waals surface area contributed by atoms with Gasteiger partial charge in [-0.05, 0) is 39.7 Å². The first-order valence-electron chi connectivity index (χ1n) is 8.09. The first-order valence-corrected chi connectivity index (χ1v) is 8.09. The zero-order valence-corrected chi connectivity index (χ0v) is 14.5. The summed E-state index contributed by atoms with van der Waals surface area (Å²) < 4.78 is 19.1. The molecule has 6 nitrogen and oxygen atoms in total. The van der Waals surface area contributed by atoms with Crippen molar-refractivity contribution < 1.29 is 18.8 Å². The maximum atomic E-state index is 13.8. The van der Waals surface area contributed by atoms with Gasteiger partial charge in [-0.3, -0.25) is 10.1 Å². The van der Waals surface area contributed by atoms with Crippen molar-refractivity contribution in [3.8, 4) is 11.8 Å². The number of piperidine rings is 1. The largest absolute Gasteiger partial charge is 0.444 e. The molecule has 0 radical (unpaired) electrons. The number of carbonyl (C=O) groups is 1. The zero-order valence-electron chi connectivity index (χ0n) is 14.5. The molecule has 1 aliphatic heterocycles. The smallest absolute Gasteiger partial charge is 0.410 e. The Balaban J connectivity index is 1.94. The lowest BCUT2D eigenvalue weighted by Gasteiger charge is -2.31. The third-order valence-electron chi connectivity index (χ3n) is 3.72. The number of nitro benzene ring substituents is 1. The number of hydrogen-bond acceptors (Lipinski definition) is 4. The molecule has 134 valence electrons. The molecule has 1 saturated heterocycles. The third kappa shape index (κ3) is 5.45. The molecule has 0 aromatic heterocycles. The highest BCUT2D eigenvalue weighted by Crippen LogP contribution is 2.20. The van der Waals surface area contributed by atoms with Crippen LogP contribution in [0.5, 0.6) is 0 Å². The van der Waals surface area contributed by atoms with Gasteiger partial charge in [0.05, 0.1) is 16.6 Å². The van der Waals surface area contributed by atoms with Gasteiger partial charge < -0.3 is 9.64 Å². The van der Waals surface area contributed by atoms with Crippen LogP contribution >= 0.6 is 0 Å². The minimum absolute atomic E-state index is 0.0493. The molecule has 1 amide bonds. The minimum Gasteiger partial charge on any atom is -0.444 e. The molecule has 0 saturated carbocycles. The number of benzene rings is 1. The standard InChI is InChI=1S/C18H21FN2O4/c1-18(2,3)25-17(22)20-10-8-13(9-11-20)4-5-14-6-7-15(21(23)24)12-16(14)19/h6-7,12-13H,8-11H2,1-3H3. The van der Waals surface area contributed by atoms with Gasteiger partial charge in [-0.25, -0.2) is 9.18 Å². The predicted molar refractivity (Wildman–Crippen MR) is 90.5 cm³/mol. The maximum absolute atomic E-state index is 13.8. The van der Waals surface area contributed by atoms with Gasteiger partial charge in [0.2, 0.25) is 0 Å². The van der Waals surface area contributed by atoms with E-state index in [2.05, 4.69) is 11.8 Å². The SMILES string of the molecule is CC(C)(C)OC(=O)N1CCC(C#Cc2ccc([N+](=O)[O-])cc2F)CC1. The Kier molecular flexibility index (Phi) is 5.62. The molecule has 25 heavy (non-hydrogen) atoms. The van der Waals surface area contributed by atoms with Crippen molar-refractivity contribution >= 4 is 11.8 Å². The molecule has 0 N–H and O–H groups in total. The lowest BCUT2D eigenvalue weighted by Crippen LogP contribution is -2.41. The van der Waals surface area contributed by atoms with E-state index in [1.807, 2.05) is 20.8 Å². The van der Waals surface area contributed by atoms with Crippen LogP contribution in [0.25, 0.3) is 0 Å². The first kappa shape index (κ1) is 18.7. The Labute approximate surface area is 146 Å². The molecule has 1 aromatic carbocycles. The molecule has 0 bridgehead atoms. The predicted octanol–water partition coefficient (Wildman–Crippen LogP) is 3.73. The highest BCUT2D eigenvalue weighted by molar-refractivity contribution is 5.68. The van der Waals surface area contributed by atoms with E-state index in [0.717, 1.165) is 6.07 Å². The number of hydrogen-bond donors (Lipinski definition) is 0. The van der Waals surface area contributed by atoms with Crippen molar-refractivity contribution in [2.24, 2.45) is 5.92 Å². The van der Waals surface area contributed by atoms with Crippen LogP contribution in [-0.4, -0.2) is 34.6 Å². The third-order valence-corrected chi connectivity index (χ3v) is 3.72. The number of halogens is 1. The number of ether oxygens (including phenoxy) is 1. The molecule has 2 rings (SSSR count). The lowest BCUT2D eigenvalue weighted by molar-refractivity contribution is -0.385. The summed E-state index contributed by atoms with van der Waals surface area (Å²) in [4.78, 5) is 23.6. The lowest BCUT2D eigenvalue weighted by atomic mass is 9.97. The second-order valence-corrected chi connectivity index (χ2v) is 6.93. The number of carbonyl (C=O) groups excluding carboxylic acids is 1. The van der Waals surface area contributed by atoms with E-state index in [9.17, 15) is 19.3 Å². The van der Waals surface area contributed by atoms with Crippen LogP contribution in [0.4, 0.5) is 14.9 Å². The van der Waals surface area contributed by atoms with Crippen LogP contribution < -0.4 is 0 Å². The molecule has 0 unspecified atom stereocenters. The fraction of sp³-hybridized carbons (Fsp3) is 0.500. The van der Waals surface area contributed by atoms with Gasteiger partial charge in [-0.15, -0.1) is 0 Å². The Hall–Kier alpha value is -2.62. The Morgan fingerprint density at radius 2 is 2.00 bits per heavy atom. The molecule has 0 spiro atoms. The summed E-state index contributed by atoms with van der Waals surface area (Å²) in [5, 5.41) is 10.6. The summed E-state index contributed by atoms with van der Waals surface area (Å²) >= 11 is 0.